The molecular formula is C17H21BN2O3. The van der Waals surface area contributed by atoms with Crippen molar-refractivity contribution in [3.63, 3.8) is 0 Å². The number of hydrogen-bond acceptors (Lipinski definition) is 5. The van der Waals surface area contributed by atoms with E-state index in [9.17, 15) is 0 Å². The molecule has 0 aliphatic carbocycles. The van der Waals surface area contributed by atoms with Crippen molar-refractivity contribution in [3.8, 4) is 5.88 Å². The van der Waals surface area contributed by atoms with Crippen LogP contribution < -0.4 is 10.2 Å². The van der Waals surface area contributed by atoms with Gasteiger partial charge >= 0.3 is 7.12 Å². The van der Waals surface area contributed by atoms with Crippen LogP contribution in [-0.4, -0.2) is 28.3 Å². The van der Waals surface area contributed by atoms with Crippen molar-refractivity contribution < 1.29 is 14.0 Å². The van der Waals surface area contributed by atoms with Crippen LogP contribution in [0, 0.1) is 0 Å². The molecule has 0 radical (unpaired) electrons. The van der Waals surface area contributed by atoms with Gasteiger partial charge in [0.05, 0.1) is 11.2 Å². The molecule has 0 N–H and O–H groups in total. The van der Waals surface area contributed by atoms with Crippen LogP contribution in [0.15, 0.2) is 42.9 Å². The number of rotatable bonds is 4. The Morgan fingerprint density at radius 1 is 1.00 bits per heavy atom. The minimum absolute atomic E-state index is 0.362. The Hall–Kier alpha value is -1.92. The van der Waals surface area contributed by atoms with Crippen LogP contribution in [0.2, 0.25) is 0 Å². The second-order valence-electron chi connectivity index (χ2n) is 6.66. The summed E-state index contributed by atoms with van der Waals surface area (Å²) in [5, 5.41) is 0. The fourth-order valence-electron chi connectivity index (χ4n) is 2.27. The average Bonchev–Trinajstić information content (AvgIpc) is 2.75. The first-order valence-electron chi connectivity index (χ1n) is 7.71. The highest BCUT2D eigenvalue weighted by atomic mass is 16.7. The van der Waals surface area contributed by atoms with E-state index in [1.54, 1.807) is 18.6 Å². The molecule has 0 saturated carbocycles. The number of aromatic nitrogens is 2. The lowest BCUT2D eigenvalue weighted by molar-refractivity contribution is 0.00578. The van der Waals surface area contributed by atoms with Crippen LogP contribution in [0.1, 0.15) is 33.3 Å². The van der Waals surface area contributed by atoms with E-state index in [0.717, 1.165) is 11.0 Å². The Bertz CT molecular complexity index is 661. The van der Waals surface area contributed by atoms with E-state index >= 15 is 0 Å². The van der Waals surface area contributed by atoms with Gasteiger partial charge in [-0.25, -0.2) is 4.98 Å². The fourth-order valence-corrected chi connectivity index (χ4v) is 2.27. The maximum Gasteiger partial charge on any atom is 0.495 e. The molecule has 1 saturated heterocycles. The van der Waals surface area contributed by atoms with Gasteiger partial charge in [-0.3, -0.25) is 4.98 Å². The molecule has 0 bridgehead atoms. The molecule has 0 spiro atoms. The molecule has 23 heavy (non-hydrogen) atoms. The zero-order valence-corrected chi connectivity index (χ0v) is 13.9. The van der Waals surface area contributed by atoms with Gasteiger partial charge in [0.25, 0.3) is 0 Å². The lowest BCUT2D eigenvalue weighted by atomic mass is 9.80. The first-order chi connectivity index (χ1) is 10.9. The summed E-state index contributed by atoms with van der Waals surface area (Å²) in [6.45, 7) is 8.59. The molecule has 3 heterocycles. The molecule has 0 amide bonds. The standard InChI is InChI=1S/C17H21BN2O3/c1-16(2)17(3,4)23-18(22-16)14-7-10-20-15(11-14)21-12-13-5-8-19-9-6-13/h5-11H,12H2,1-4H3. The molecule has 120 valence electrons. The Balaban J connectivity index is 1.71. The third-order valence-electron chi connectivity index (χ3n) is 4.42. The highest BCUT2D eigenvalue weighted by molar-refractivity contribution is 6.62. The number of pyridine rings is 2. The van der Waals surface area contributed by atoms with E-state index < -0.39 is 7.12 Å². The van der Waals surface area contributed by atoms with Crippen molar-refractivity contribution in [2.45, 2.75) is 45.5 Å². The second kappa shape index (κ2) is 5.94. The van der Waals surface area contributed by atoms with Gasteiger partial charge in [0.2, 0.25) is 5.88 Å². The van der Waals surface area contributed by atoms with Crippen molar-refractivity contribution in [1.82, 2.24) is 9.97 Å². The molecule has 1 fully saturated rings. The largest absolute Gasteiger partial charge is 0.495 e. The smallest absolute Gasteiger partial charge is 0.473 e. The Morgan fingerprint density at radius 2 is 1.65 bits per heavy atom. The quantitative estimate of drug-likeness (QED) is 0.811. The normalized spacial score (nSPS) is 18.9. The highest BCUT2D eigenvalue weighted by Crippen LogP contribution is 2.36. The van der Waals surface area contributed by atoms with Gasteiger partial charge in [-0.05, 0) is 56.9 Å². The summed E-state index contributed by atoms with van der Waals surface area (Å²) >= 11 is 0. The first-order valence-corrected chi connectivity index (χ1v) is 7.71. The van der Waals surface area contributed by atoms with Crippen molar-refractivity contribution >= 4 is 12.6 Å². The summed E-state index contributed by atoms with van der Waals surface area (Å²) in [5.74, 6) is 0.550. The van der Waals surface area contributed by atoms with Crippen LogP contribution >= 0.6 is 0 Å². The van der Waals surface area contributed by atoms with Crippen LogP contribution in [0.3, 0.4) is 0 Å². The molecule has 0 atom stereocenters. The zero-order chi connectivity index (χ0) is 16.5. The van der Waals surface area contributed by atoms with Crippen LogP contribution in [0.4, 0.5) is 0 Å². The second-order valence-corrected chi connectivity index (χ2v) is 6.66. The van der Waals surface area contributed by atoms with Gasteiger partial charge in [-0.2, -0.15) is 0 Å². The third-order valence-corrected chi connectivity index (χ3v) is 4.42. The molecule has 1 aliphatic heterocycles. The molecule has 2 aromatic rings. The van der Waals surface area contributed by atoms with Gasteiger partial charge < -0.3 is 14.0 Å². The van der Waals surface area contributed by atoms with Gasteiger partial charge in [0.1, 0.15) is 6.61 Å². The minimum Gasteiger partial charge on any atom is -0.473 e. The van der Waals surface area contributed by atoms with E-state index in [4.69, 9.17) is 14.0 Å². The molecule has 0 aromatic carbocycles. The molecule has 1 aliphatic rings. The van der Waals surface area contributed by atoms with Gasteiger partial charge in [-0.1, -0.05) is 0 Å². The fraction of sp³-hybridized carbons (Fsp3) is 0.412. The Kier molecular flexibility index (Phi) is 4.12. The van der Waals surface area contributed by atoms with E-state index in [0.29, 0.717) is 12.5 Å². The lowest BCUT2D eigenvalue weighted by Gasteiger charge is -2.32. The monoisotopic (exact) mass is 312 g/mol. The average molecular weight is 312 g/mol. The van der Waals surface area contributed by atoms with Crippen LogP contribution in [-0.2, 0) is 15.9 Å². The van der Waals surface area contributed by atoms with Crippen LogP contribution in [0.5, 0.6) is 5.88 Å². The van der Waals surface area contributed by atoms with Crippen molar-refractivity contribution in [3.05, 3.63) is 48.4 Å². The summed E-state index contributed by atoms with van der Waals surface area (Å²) < 4.78 is 17.9. The van der Waals surface area contributed by atoms with Crippen molar-refractivity contribution in [2.24, 2.45) is 0 Å². The van der Waals surface area contributed by atoms with E-state index in [-0.39, 0.29) is 11.2 Å². The number of nitrogens with zero attached hydrogens (tertiary/aromatic N) is 2. The highest BCUT2D eigenvalue weighted by Gasteiger charge is 2.51. The van der Waals surface area contributed by atoms with Gasteiger partial charge in [0, 0.05) is 24.7 Å². The third kappa shape index (κ3) is 3.38. The van der Waals surface area contributed by atoms with Crippen molar-refractivity contribution in [2.75, 3.05) is 0 Å². The molecular weight excluding hydrogens is 291 g/mol. The Morgan fingerprint density at radius 3 is 2.30 bits per heavy atom. The number of ether oxygens (including phenoxy) is 1. The summed E-state index contributed by atoms with van der Waals surface area (Å²) in [4.78, 5) is 8.24. The number of hydrogen-bond donors (Lipinski definition) is 0. The molecule has 5 nitrogen and oxygen atoms in total. The lowest BCUT2D eigenvalue weighted by Crippen LogP contribution is -2.41. The maximum absolute atomic E-state index is 6.05. The molecule has 6 heteroatoms. The predicted octanol–water partition coefficient (Wildman–Crippen LogP) is 2.35. The molecule has 3 rings (SSSR count). The maximum atomic E-state index is 6.05. The topological polar surface area (TPSA) is 53.5 Å². The van der Waals surface area contributed by atoms with Gasteiger partial charge in [0.15, 0.2) is 0 Å². The summed E-state index contributed by atoms with van der Waals surface area (Å²) in [6, 6.07) is 7.58. The van der Waals surface area contributed by atoms with Gasteiger partial charge in [-0.15, -0.1) is 0 Å². The Labute approximate surface area is 137 Å². The van der Waals surface area contributed by atoms with E-state index in [2.05, 4.69) is 9.97 Å². The van der Waals surface area contributed by atoms with Crippen LogP contribution in [0.25, 0.3) is 0 Å². The van der Waals surface area contributed by atoms with Crippen molar-refractivity contribution in [1.29, 1.82) is 0 Å². The van der Waals surface area contributed by atoms with E-state index in [1.807, 2.05) is 52.0 Å². The minimum atomic E-state index is -0.411. The zero-order valence-electron chi connectivity index (χ0n) is 13.9. The first kappa shape index (κ1) is 16.0. The molecule has 0 unspecified atom stereocenters. The predicted molar refractivity (Wildman–Crippen MR) is 88.5 cm³/mol. The summed E-state index contributed by atoms with van der Waals surface area (Å²) in [5.41, 5.74) is 1.23. The summed E-state index contributed by atoms with van der Waals surface area (Å²) in [7, 11) is -0.411. The summed E-state index contributed by atoms with van der Waals surface area (Å²) in [6.07, 6.45) is 5.20. The van der Waals surface area contributed by atoms with E-state index in [1.165, 1.54) is 0 Å². The molecule has 2 aromatic heterocycles. The SMILES string of the molecule is CC1(C)OB(c2ccnc(OCc3ccncc3)c2)OC1(C)C.